The Bertz CT molecular complexity index is 375. The first-order valence-electron chi connectivity index (χ1n) is 4.14. The highest BCUT2D eigenvalue weighted by Crippen LogP contribution is 2.42. The van der Waals surface area contributed by atoms with Gasteiger partial charge in [-0.2, -0.15) is 0 Å². The molecule has 1 aromatic rings. The molecule has 0 spiro atoms. The summed E-state index contributed by atoms with van der Waals surface area (Å²) < 4.78 is -0.538. The second-order valence-corrected chi connectivity index (χ2v) is 9.62. The van der Waals surface area contributed by atoms with Crippen molar-refractivity contribution in [1.82, 2.24) is 5.43 Å². The first-order valence-corrected chi connectivity index (χ1v) is 6.52. The number of nitrogens with zero attached hydrogens (tertiary/aromatic N) is 1. The molecule has 0 radical (unpaired) electrons. The molecule has 3 nitrogen and oxygen atoms in total. The molecule has 1 aliphatic rings. The van der Waals surface area contributed by atoms with E-state index in [1.54, 1.807) is 11.4 Å². The minimum atomic E-state index is -0.538. The summed E-state index contributed by atoms with van der Waals surface area (Å²) in [6.07, 6.45) is 1.76. The second kappa shape index (κ2) is 4.35. The maximum Gasteiger partial charge on any atom is 0.196 e. The quantitative estimate of drug-likeness (QED) is 0.731. The summed E-state index contributed by atoms with van der Waals surface area (Å²) in [6, 6.07) is 9.74. The smallest absolute Gasteiger partial charge is 0.196 e. The molecule has 0 fully saturated rings. The average Bonchev–Trinajstić information content (AvgIpc) is 2.67. The molecule has 15 heavy (non-hydrogen) atoms. The summed E-state index contributed by atoms with van der Waals surface area (Å²) in [7, 11) is 0. The van der Waals surface area contributed by atoms with Crippen LogP contribution in [-0.4, -0.2) is 2.14 Å². The molecule has 1 aliphatic heterocycles. The Labute approximate surface area is 113 Å². The number of alkyl halides is 3. The van der Waals surface area contributed by atoms with Gasteiger partial charge in [-0.05, 0) is 12.1 Å². The molecule has 1 aromatic carbocycles. The summed E-state index contributed by atoms with van der Waals surface area (Å²) in [6.45, 7) is 0. The Balaban J connectivity index is 2.09. The van der Waals surface area contributed by atoms with E-state index in [4.69, 9.17) is 4.84 Å². The van der Waals surface area contributed by atoms with Gasteiger partial charge < -0.3 is 4.84 Å². The minimum absolute atomic E-state index is 0.538. The lowest BCUT2D eigenvalue weighted by atomic mass is 10.3. The van der Waals surface area contributed by atoms with Gasteiger partial charge in [-0.1, -0.05) is 66.0 Å². The van der Waals surface area contributed by atoms with Crippen LogP contribution in [0.1, 0.15) is 0 Å². The zero-order valence-corrected chi connectivity index (χ0v) is 12.2. The molecule has 0 bridgehead atoms. The average molecular weight is 399 g/mol. The highest BCUT2D eigenvalue weighted by molar-refractivity contribution is 9.39. The number of para-hydroxylation sites is 1. The Kier molecular flexibility index (Phi) is 3.27. The number of hydrazine groups is 1. The van der Waals surface area contributed by atoms with Crippen LogP contribution < -0.4 is 10.6 Å². The van der Waals surface area contributed by atoms with E-state index in [-0.39, 0.29) is 0 Å². The number of hydrogen-bond donors (Lipinski definition) is 1. The summed E-state index contributed by atoms with van der Waals surface area (Å²) in [5.74, 6) is 0.686. The Morgan fingerprint density at radius 3 is 2.33 bits per heavy atom. The maximum absolute atomic E-state index is 5.55. The van der Waals surface area contributed by atoms with Crippen LogP contribution in [-0.2, 0) is 4.84 Å². The lowest BCUT2D eigenvalue weighted by Gasteiger charge is -2.19. The number of benzene rings is 1. The number of anilines is 1. The first-order chi connectivity index (χ1) is 7.07. The molecule has 0 saturated carbocycles. The van der Waals surface area contributed by atoms with E-state index >= 15 is 0 Å². The van der Waals surface area contributed by atoms with Gasteiger partial charge in [0.1, 0.15) is 0 Å². The number of halogens is 3. The molecule has 1 heterocycles. The lowest BCUT2D eigenvalue weighted by molar-refractivity contribution is 0.191. The Morgan fingerprint density at radius 2 is 1.80 bits per heavy atom. The molecular formula is C9H7Br3N2O. The van der Waals surface area contributed by atoms with E-state index < -0.39 is 2.14 Å². The van der Waals surface area contributed by atoms with E-state index in [1.807, 2.05) is 30.3 Å². The van der Waals surface area contributed by atoms with Crippen molar-refractivity contribution in [3.05, 3.63) is 42.3 Å². The predicted octanol–water partition coefficient (Wildman–Crippen LogP) is 3.62. The van der Waals surface area contributed by atoms with Crippen molar-refractivity contribution < 1.29 is 4.84 Å². The predicted molar refractivity (Wildman–Crippen MR) is 70.7 cm³/mol. The van der Waals surface area contributed by atoms with Crippen molar-refractivity contribution in [3.8, 4) is 0 Å². The van der Waals surface area contributed by atoms with Crippen LogP contribution in [0.25, 0.3) is 0 Å². The lowest BCUT2D eigenvalue weighted by Crippen LogP contribution is -2.28. The molecule has 2 rings (SSSR count). The van der Waals surface area contributed by atoms with Crippen LogP contribution in [0.2, 0.25) is 0 Å². The summed E-state index contributed by atoms with van der Waals surface area (Å²) in [4.78, 5) is 5.55. The zero-order valence-electron chi connectivity index (χ0n) is 7.45. The van der Waals surface area contributed by atoms with E-state index in [0.29, 0.717) is 5.76 Å². The third-order valence-corrected chi connectivity index (χ3v) is 2.94. The van der Waals surface area contributed by atoms with Gasteiger partial charge in [0.15, 0.2) is 7.90 Å². The van der Waals surface area contributed by atoms with Gasteiger partial charge in [0, 0.05) is 0 Å². The number of allylic oxidation sites excluding steroid dienone is 1. The fourth-order valence-corrected chi connectivity index (χ4v) is 1.65. The molecule has 0 amide bonds. The van der Waals surface area contributed by atoms with Crippen molar-refractivity contribution >= 4 is 53.5 Å². The SMILES string of the molecule is BrC(Br)(Br)C1=CNN(c2ccccc2)O1. The van der Waals surface area contributed by atoms with Gasteiger partial charge in [0.25, 0.3) is 0 Å². The van der Waals surface area contributed by atoms with Crippen molar-refractivity contribution in [3.63, 3.8) is 0 Å². The van der Waals surface area contributed by atoms with E-state index in [1.165, 1.54) is 0 Å². The van der Waals surface area contributed by atoms with Gasteiger partial charge >= 0.3 is 0 Å². The maximum atomic E-state index is 5.55. The van der Waals surface area contributed by atoms with Crippen molar-refractivity contribution in [2.45, 2.75) is 2.14 Å². The molecule has 0 saturated heterocycles. The standard InChI is InChI=1S/C9H7Br3N2O/c10-9(11,12)8-6-13-14(15-8)7-4-2-1-3-5-7/h1-6,13H. The van der Waals surface area contributed by atoms with Crippen LogP contribution in [0.15, 0.2) is 42.3 Å². The van der Waals surface area contributed by atoms with Gasteiger partial charge in [-0.15, -0.1) is 5.17 Å². The van der Waals surface area contributed by atoms with Crippen LogP contribution >= 0.6 is 47.8 Å². The first kappa shape index (κ1) is 11.3. The molecule has 6 heteroatoms. The fourth-order valence-electron chi connectivity index (χ4n) is 1.09. The molecule has 0 unspecified atom stereocenters. The van der Waals surface area contributed by atoms with E-state index in [2.05, 4.69) is 53.2 Å². The highest BCUT2D eigenvalue weighted by atomic mass is 80.0. The summed E-state index contributed by atoms with van der Waals surface area (Å²) >= 11 is 10.1. The highest BCUT2D eigenvalue weighted by Gasteiger charge is 2.32. The topological polar surface area (TPSA) is 24.5 Å². The largest absolute Gasteiger partial charge is 0.359 e. The third kappa shape index (κ3) is 2.68. The van der Waals surface area contributed by atoms with Gasteiger partial charge in [0.05, 0.1) is 11.9 Å². The van der Waals surface area contributed by atoms with Gasteiger partial charge in [-0.25, -0.2) is 0 Å². The molecule has 80 valence electrons. The van der Waals surface area contributed by atoms with E-state index in [9.17, 15) is 0 Å². The minimum Gasteiger partial charge on any atom is -0.359 e. The molecule has 0 aromatic heterocycles. The van der Waals surface area contributed by atoms with Crippen molar-refractivity contribution in [2.75, 3.05) is 5.17 Å². The third-order valence-electron chi connectivity index (χ3n) is 1.77. The van der Waals surface area contributed by atoms with Crippen LogP contribution in [0.4, 0.5) is 5.69 Å². The van der Waals surface area contributed by atoms with Gasteiger partial charge in [0.2, 0.25) is 0 Å². The number of rotatable bonds is 1. The Morgan fingerprint density at radius 1 is 1.13 bits per heavy atom. The van der Waals surface area contributed by atoms with Crippen LogP contribution in [0.5, 0.6) is 0 Å². The molecule has 1 N–H and O–H groups in total. The Hall–Kier alpha value is -0.200. The molecule has 0 aliphatic carbocycles. The summed E-state index contributed by atoms with van der Waals surface area (Å²) in [5, 5.41) is 1.58. The normalized spacial score (nSPS) is 15.7. The van der Waals surface area contributed by atoms with Crippen molar-refractivity contribution in [2.24, 2.45) is 0 Å². The van der Waals surface area contributed by atoms with Crippen molar-refractivity contribution in [1.29, 1.82) is 0 Å². The van der Waals surface area contributed by atoms with Crippen LogP contribution in [0.3, 0.4) is 0 Å². The number of nitrogens with one attached hydrogen (secondary N) is 1. The summed E-state index contributed by atoms with van der Waals surface area (Å²) in [5.41, 5.74) is 3.92. The van der Waals surface area contributed by atoms with Gasteiger partial charge in [-0.3, -0.25) is 5.43 Å². The monoisotopic (exact) mass is 396 g/mol. The fraction of sp³-hybridized carbons (Fsp3) is 0.111. The van der Waals surface area contributed by atoms with E-state index in [0.717, 1.165) is 5.69 Å². The number of hydrogen-bond acceptors (Lipinski definition) is 3. The second-order valence-electron chi connectivity index (χ2n) is 2.86. The molecule has 0 atom stereocenters. The van der Waals surface area contributed by atoms with Crippen LogP contribution in [0, 0.1) is 0 Å². The zero-order chi connectivity index (χ0) is 10.9. The molecular weight excluding hydrogens is 392 g/mol.